The number of rotatable bonds is 5. The second-order valence-corrected chi connectivity index (χ2v) is 4.11. The minimum absolute atomic E-state index is 0.672. The Balaban J connectivity index is 2.06. The molecule has 0 saturated carbocycles. The van der Waals surface area contributed by atoms with Gasteiger partial charge in [-0.05, 0) is 38.8 Å². The maximum atomic E-state index is 8.41. The minimum atomic E-state index is 0.672. The van der Waals surface area contributed by atoms with Crippen LogP contribution in [0.2, 0.25) is 0 Å². The summed E-state index contributed by atoms with van der Waals surface area (Å²) in [5, 5.41) is 8.41. The van der Waals surface area contributed by atoms with E-state index in [1.807, 2.05) is 0 Å². The monoisotopic (exact) mass is 196 g/mol. The van der Waals surface area contributed by atoms with Crippen LogP contribution in [0, 0.1) is 17.2 Å². The first-order valence-electron chi connectivity index (χ1n) is 5.46. The van der Waals surface area contributed by atoms with Crippen LogP contribution < -0.4 is 0 Å². The van der Waals surface area contributed by atoms with Gasteiger partial charge in [-0.1, -0.05) is 0 Å². The van der Waals surface area contributed by atoms with E-state index in [0.717, 1.165) is 32.7 Å². The number of nitrogens with zero attached hydrogens (tertiary/aromatic N) is 2. The van der Waals surface area contributed by atoms with Gasteiger partial charge in [0.15, 0.2) is 0 Å². The lowest BCUT2D eigenvalue weighted by atomic mass is 10.0. The molecule has 0 N–H and O–H groups in total. The highest BCUT2D eigenvalue weighted by molar-refractivity contribution is 4.71. The third-order valence-electron chi connectivity index (χ3n) is 2.65. The second-order valence-electron chi connectivity index (χ2n) is 4.11. The zero-order valence-corrected chi connectivity index (χ0v) is 9.04. The topological polar surface area (TPSA) is 36.3 Å². The largest absolute Gasteiger partial charge is 0.381 e. The first kappa shape index (κ1) is 11.5. The number of hydrogen-bond acceptors (Lipinski definition) is 3. The van der Waals surface area contributed by atoms with E-state index in [1.54, 1.807) is 0 Å². The van der Waals surface area contributed by atoms with Gasteiger partial charge in [0.2, 0.25) is 0 Å². The van der Waals surface area contributed by atoms with Crippen molar-refractivity contribution >= 4 is 0 Å². The maximum absolute atomic E-state index is 8.41. The summed E-state index contributed by atoms with van der Waals surface area (Å²) < 4.78 is 5.43. The molecule has 1 fully saturated rings. The van der Waals surface area contributed by atoms with Gasteiger partial charge in [-0.25, -0.2) is 0 Å². The van der Waals surface area contributed by atoms with Gasteiger partial charge in [0, 0.05) is 19.6 Å². The van der Waals surface area contributed by atoms with Crippen LogP contribution in [0.15, 0.2) is 0 Å². The van der Waals surface area contributed by atoms with E-state index in [2.05, 4.69) is 18.0 Å². The van der Waals surface area contributed by atoms with Crippen molar-refractivity contribution in [3.8, 4) is 6.07 Å². The molecule has 0 amide bonds. The van der Waals surface area contributed by atoms with E-state index in [0.29, 0.717) is 12.3 Å². The summed E-state index contributed by atoms with van der Waals surface area (Å²) in [6, 6.07) is 2.18. The van der Waals surface area contributed by atoms with Crippen molar-refractivity contribution in [2.24, 2.45) is 5.92 Å². The zero-order valence-electron chi connectivity index (χ0n) is 9.04. The van der Waals surface area contributed by atoms with E-state index in [4.69, 9.17) is 10.00 Å². The molecule has 0 radical (unpaired) electrons. The van der Waals surface area contributed by atoms with E-state index < -0.39 is 0 Å². The standard InChI is InChI=1S/C11H20N2O/c1-13(7-3-2-6-12)9-11-5-4-8-14-10-11/h11H,2-5,7-10H2,1H3. The fourth-order valence-electron chi connectivity index (χ4n) is 1.91. The Morgan fingerprint density at radius 1 is 1.57 bits per heavy atom. The summed E-state index contributed by atoms with van der Waals surface area (Å²) >= 11 is 0. The average molecular weight is 196 g/mol. The van der Waals surface area contributed by atoms with Crippen molar-refractivity contribution in [2.75, 3.05) is 33.4 Å². The zero-order chi connectivity index (χ0) is 10.2. The molecule has 0 aromatic heterocycles. The summed E-state index contributed by atoms with van der Waals surface area (Å²) in [6.45, 7) is 4.01. The summed E-state index contributed by atoms with van der Waals surface area (Å²) in [6.07, 6.45) is 4.16. The lowest BCUT2D eigenvalue weighted by molar-refractivity contribution is 0.0420. The Morgan fingerprint density at radius 2 is 2.43 bits per heavy atom. The molecule has 0 spiro atoms. The molecule has 1 rings (SSSR count). The molecular formula is C11H20N2O. The lowest BCUT2D eigenvalue weighted by Crippen LogP contribution is -2.31. The molecule has 3 heteroatoms. The van der Waals surface area contributed by atoms with Gasteiger partial charge in [-0.2, -0.15) is 5.26 Å². The van der Waals surface area contributed by atoms with Crippen LogP contribution in [-0.2, 0) is 4.74 Å². The Labute approximate surface area is 86.6 Å². The predicted molar refractivity (Wildman–Crippen MR) is 55.9 cm³/mol. The SMILES string of the molecule is CN(CCCC#N)CC1CCCOC1. The third kappa shape index (κ3) is 4.59. The molecule has 1 aliphatic heterocycles. The van der Waals surface area contributed by atoms with Crippen LogP contribution in [0.3, 0.4) is 0 Å². The van der Waals surface area contributed by atoms with Crippen LogP contribution in [-0.4, -0.2) is 38.3 Å². The van der Waals surface area contributed by atoms with E-state index >= 15 is 0 Å². The van der Waals surface area contributed by atoms with Crippen LogP contribution in [0.4, 0.5) is 0 Å². The summed E-state index contributed by atoms with van der Waals surface area (Å²) in [5.74, 6) is 0.704. The van der Waals surface area contributed by atoms with Crippen molar-refractivity contribution in [3.63, 3.8) is 0 Å². The minimum Gasteiger partial charge on any atom is -0.381 e. The molecule has 1 heterocycles. The van der Waals surface area contributed by atoms with Gasteiger partial charge in [0.05, 0.1) is 12.7 Å². The normalized spacial score (nSPS) is 22.2. The van der Waals surface area contributed by atoms with Crippen molar-refractivity contribution in [2.45, 2.75) is 25.7 Å². The van der Waals surface area contributed by atoms with E-state index in [-0.39, 0.29) is 0 Å². The number of nitriles is 1. The Morgan fingerprint density at radius 3 is 3.07 bits per heavy atom. The Hall–Kier alpha value is -0.590. The molecule has 1 aliphatic rings. The molecule has 0 aliphatic carbocycles. The molecule has 14 heavy (non-hydrogen) atoms. The van der Waals surface area contributed by atoms with Crippen LogP contribution in [0.5, 0.6) is 0 Å². The molecular weight excluding hydrogens is 176 g/mol. The van der Waals surface area contributed by atoms with Crippen molar-refractivity contribution in [3.05, 3.63) is 0 Å². The van der Waals surface area contributed by atoms with Gasteiger partial charge in [-0.3, -0.25) is 0 Å². The van der Waals surface area contributed by atoms with Crippen LogP contribution in [0.1, 0.15) is 25.7 Å². The fraction of sp³-hybridized carbons (Fsp3) is 0.909. The Bertz CT molecular complexity index is 182. The second kappa shape index (κ2) is 6.80. The van der Waals surface area contributed by atoms with Crippen LogP contribution >= 0.6 is 0 Å². The first-order valence-corrected chi connectivity index (χ1v) is 5.46. The summed E-state index contributed by atoms with van der Waals surface area (Å²) in [5.41, 5.74) is 0. The number of ether oxygens (including phenoxy) is 1. The smallest absolute Gasteiger partial charge is 0.0622 e. The van der Waals surface area contributed by atoms with Gasteiger partial charge >= 0.3 is 0 Å². The maximum Gasteiger partial charge on any atom is 0.0622 e. The molecule has 0 bridgehead atoms. The van der Waals surface area contributed by atoms with Gasteiger partial charge in [0.25, 0.3) is 0 Å². The quantitative estimate of drug-likeness (QED) is 0.627. The summed E-state index contributed by atoms with van der Waals surface area (Å²) in [7, 11) is 2.13. The molecule has 80 valence electrons. The highest BCUT2D eigenvalue weighted by Crippen LogP contribution is 2.14. The molecule has 1 atom stereocenters. The first-order chi connectivity index (χ1) is 6.83. The average Bonchev–Trinajstić information content (AvgIpc) is 2.20. The predicted octanol–water partition coefficient (Wildman–Crippen LogP) is 1.65. The van der Waals surface area contributed by atoms with Gasteiger partial charge < -0.3 is 9.64 Å². The third-order valence-corrected chi connectivity index (χ3v) is 2.65. The highest BCUT2D eigenvalue weighted by Gasteiger charge is 2.15. The van der Waals surface area contributed by atoms with Gasteiger partial charge in [0.1, 0.15) is 0 Å². The lowest BCUT2D eigenvalue weighted by Gasteiger charge is -2.26. The van der Waals surface area contributed by atoms with E-state index in [9.17, 15) is 0 Å². The van der Waals surface area contributed by atoms with Crippen molar-refractivity contribution in [1.29, 1.82) is 5.26 Å². The molecule has 1 saturated heterocycles. The number of unbranched alkanes of at least 4 members (excludes halogenated alkanes) is 1. The van der Waals surface area contributed by atoms with E-state index in [1.165, 1.54) is 12.8 Å². The molecule has 0 aromatic rings. The Kier molecular flexibility index (Phi) is 5.58. The molecule has 1 unspecified atom stereocenters. The van der Waals surface area contributed by atoms with Crippen molar-refractivity contribution in [1.82, 2.24) is 4.90 Å². The highest BCUT2D eigenvalue weighted by atomic mass is 16.5. The summed E-state index contributed by atoms with van der Waals surface area (Å²) in [4.78, 5) is 2.32. The molecule has 0 aromatic carbocycles. The number of hydrogen-bond donors (Lipinski definition) is 0. The van der Waals surface area contributed by atoms with Gasteiger partial charge in [-0.15, -0.1) is 0 Å². The van der Waals surface area contributed by atoms with Crippen LogP contribution in [0.25, 0.3) is 0 Å². The molecule has 3 nitrogen and oxygen atoms in total. The fourth-order valence-corrected chi connectivity index (χ4v) is 1.91. The van der Waals surface area contributed by atoms with Crippen molar-refractivity contribution < 1.29 is 4.74 Å².